The SMILES string of the molecule is NCc1cnc(OCC2CCCC2)c(Cl)c1. The third-order valence-electron chi connectivity index (χ3n) is 3.03. The van der Waals surface area contributed by atoms with E-state index in [9.17, 15) is 0 Å². The van der Waals surface area contributed by atoms with Gasteiger partial charge < -0.3 is 10.5 Å². The van der Waals surface area contributed by atoms with Crippen LogP contribution >= 0.6 is 11.6 Å². The molecule has 0 radical (unpaired) electrons. The molecule has 1 fully saturated rings. The number of halogens is 1. The molecule has 0 saturated heterocycles. The Morgan fingerprint density at radius 2 is 2.19 bits per heavy atom. The Kier molecular flexibility index (Phi) is 4.02. The Bertz CT molecular complexity index is 351. The van der Waals surface area contributed by atoms with Crippen LogP contribution in [0.2, 0.25) is 5.02 Å². The topological polar surface area (TPSA) is 48.1 Å². The van der Waals surface area contributed by atoms with E-state index in [0.29, 0.717) is 23.4 Å². The van der Waals surface area contributed by atoms with Crippen LogP contribution in [0.4, 0.5) is 0 Å². The van der Waals surface area contributed by atoms with Crippen LogP contribution < -0.4 is 10.5 Å². The number of aromatic nitrogens is 1. The summed E-state index contributed by atoms with van der Waals surface area (Å²) >= 11 is 6.05. The lowest BCUT2D eigenvalue weighted by Gasteiger charge is -2.11. The lowest BCUT2D eigenvalue weighted by molar-refractivity contribution is 0.243. The molecule has 1 aliphatic carbocycles. The van der Waals surface area contributed by atoms with Crippen molar-refractivity contribution in [2.24, 2.45) is 11.7 Å². The Morgan fingerprint density at radius 3 is 2.81 bits per heavy atom. The predicted octanol–water partition coefficient (Wildman–Crippen LogP) is 2.76. The normalized spacial score (nSPS) is 16.6. The highest BCUT2D eigenvalue weighted by Gasteiger charge is 2.16. The third kappa shape index (κ3) is 2.86. The highest BCUT2D eigenvalue weighted by molar-refractivity contribution is 6.31. The molecule has 0 aliphatic heterocycles. The first-order chi connectivity index (χ1) is 7.79. The van der Waals surface area contributed by atoms with Gasteiger partial charge >= 0.3 is 0 Å². The van der Waals surface area contributed by atoms with Gasteiger partial charge in [0.25, 0.3) is 0 Å². The maximum atomic E-state index is 6.05. The minimum Gasteiger partial charge on any atom is -0.476 e. The van der Waals surface area contributed by atoms with Crippen molar-refractivity contribution in [1.29, 1.82) is 0 Å². The average molecular weight is 241 g/mol. The molecule has 88 valence electrons. The van der Waals surface area contributed by atoms with Gasteiger partial charge in [0.1, 0.15) is 5.02 Å². The van der Waals surface area contributed by atoms with Crippen molar-refractivity contribution in [3.63, 3.8) is 0 Å². The minimum absolute atomic E-state index is 0.454. The van der Waals surface area contributed by atoms with Crippen LogP contribution in [0.3, 0.4) is 0 Å². The monoisotopic (exact) mass is 240 g/mol. The molecule has 0 bridgehead atoms. The summed E-state index contributed by atoms with van der Waals surface area (Å²) < 4.78 is 5.64. The number of pyridine rings is 1. The van der Waals surface area contributed by atoms with E-state index in [1.807, 2.05) is 6.07 Å². The lowest BCUT2D eigenvalue weighted by Crippen LogP contribution is -2.09. The van der Waals surface area contributed by atoms with Crippen LogP contribution in [-0.2, 0) is 6.54 Å². The zero-order valence-electron chi connectivity index (χ0n) is 9.29. The maximum absolute atomic E-state index is 6.05. The van der Waals surface area contributed by atoms with Gasteiger partial charge in [-0.15, -0.1) is 0 Å². The van der Waals surface area contributed by atoms with Gasteiger partial charge in [-0.1, -0.05) is 24.4 Å². The van der Waals surface area contributed by atoms with Crippen molar-refractivity contribution >= 4 is 11.6 Å². The van der Waals surface area contributed by atoms with E-state index in [1.165, 1.54) is 25.7 Å². The van der Waals surface area contributed by atoms with E-state index >= 15 is 0 Å². The summed E-state index contributed by atoms with van der Waals surface area (Å²) in [5, 5.41) is 0.556. The summed E-state index contributed by atoms with van der Waals surface area (Å²) in [6, 6.07) is 1.82. The zero-order valence-corrected chi connectivity index (χ0v) is 10.0. The second-order valence-electron chi connectivity index (χ2n) is 4.30. The molecule has 2 rings (SSSR count). The van der Waals surface area contributed by atoms with Crippen LogP contribution in [0.25, 0.3) is 0 Å². The minimum atomic E-state index is 0.454. The van der Waals surface area contributed by atoms with Crippen molar-refractivity contribution in [2.45, 2.75) is 32.2 Å². The fourth-order valence-electron chi connectivity index (χ4n) is 2.06. The van der Waals surface area contributed by atoms with Crippen LogP contribution in [0.5, 0.6) is 5.88 Å². The van der Waals surface area contributed by atoms with Crippen molar-refractivity contribution in [1.82, 2.24) is 4.98 Å². The first-order valence-electron chi connectivity index (χ1n) is 5.77. The largest absolute Gasteiger partial charge is 0.476 e. The molecule has 3 nitrogen and oxygen atoms in total. The molecule has 0 unspecified atom stereocenters. The van der Waals surface area contributed by atoms with Crippen LogP contribution in [0.1, 0.15) is 31.2 Å². The molecular weight excluding hydrogens is 224 g/mol. The van der Waals surface area contributed by atoms with E-state index in [-0.39, 0.29) is 0 Å². The van der Waals surface area contributed by atoms with E-state index in [4.69, 9.17) is 22.1 Å². The zero-order chi connectivity index (χ0) is 11.4. The Labute approximate surface area is 101 Å². The molecule has 1 aliphatic rings. The van der Waals surface area contributed by atoms with Crippen molar-refractivity contribution in [3.05, 3.63) is 22.8 Å². The second-order valence-corrected chi connectivity index (χ2v) is 4.70. The summed E-state index contributed by atoms with van der Waals surface area (Å²) in [6.45, 7) is 1.18. The number of nitrogens with two attached hydrogens (primary N) is 1. The maximum Gasteiger partial charge on any atom is 0.232 e. The Hall–Kier alpha value is -0.800. The first-order valence-corrected chi connectivity index (χ1v) is 6.14. The van der Waals surface area contributed by atoms with E-state index < -0.39 is 0 Å². The molecule has 1 aromatic heterocycles. The van der Waals surface area contributed by atoms with Gasteiger partial charge in [0.05, 0.1) is 6.61 Å². The highest BCUT2D eigenvalue weighted by atomic mass is 35.5. The lowest BCUT2D eigenvalue weighted by atomic mass is 10.1. The summed E-state index contributed by atoms with van der Waals surface area (Å²) in [5.41, 5.74) is 6.43. The number of nitrogens with zero attached hydrogens (tertiary/aromatic N) is 1. The molecule has 0 amide bonds. The smallest absolute Gasteiger partial charge is 0.232 e. The Morgan fingerprint density at radius 1 is 1.44 bits per heavy atom. The molecule has 1 aromatic rings. The van der Waals surface area contributed by atoms with E-state index in [0.717, 1.165) is 12.2 Å². The molecule has 0 aromatic carbocycles. The van der Waals surface area contributed by atoms with Gasteiger partial charge in [0.2, 0.25) is 5.88 Å². The molecule has 16 heavy (non-hydrogen) atoms. The average Bonchev–Trinajstić information content (AvgIpc) is 2.80. The number of hydrogen-bond donors (Lipinski definition) is 1. The summed E-state index contributed by atoms with van der Waals surface area (Å²) in [7, 11) is 0. The molecule has 1 saturated carbocycles. The molecule has 4 heteroatoms. The molecule has 0 atom stereocenters. The van der Waals surface area contributed by atoms with Gasteiger partial charge in [-0.2, -0.15) is 0 Å². The standard InChI is InChI=1S/C12H17ClN2O/c13-11-5-10(6-14)7-15-12(11)16-8-9-3-1-2-4-9/h5,7,9H,1-4,6,8,14H2. The molecule has 0 spiro atoms. The highest BCUT2D eigenvalue weighted by Crippen LogP contribution is 2.27. The summed E-state index contributed by atoms with van der Waals surface area (Å²) in [5.74, 6) is 1.21. The predicted molar refractivity (Wildman–Crippen MR) is 64.6 cm³/mol. The first kappa shape index (κ1) is 11.7. The van der Waals surface area contributed by atoms with Gasteiger partial charge in [-0.3, -0.25) is 0 Å². The molecule has 2 N–H and O–H groups in total. The quantitative estimate of drug-likeness (QED) is 0.881. The number of hydrogen-bond acceptors (Lipinski definition) is 3. The second kappa shape index (κ2) is 5.51. The van der Waals surface area contributed by atoms with Gasteiger partial charge in [-0.25, -0.2) is 4.98 Å². The van der Waals surface area contributed by atoms with Crippen LogP contribution in [-0.4, -0.2) is 11.6 Å². The molecular formula is C12H17ClN2O. The Balaban J connectivity index is 1.93. The van der Waals surface area contributed by atoms with Gasteiger partial charge in [0.15, 0.2) is 0 Å². The van der Waals surface area contributed by atoms with Crippen molar-refractivity contribution in [3.8, 4) is 5.88 Å². The van der Waals surface area contributed by atoms with E-state index in [1.54, 1.807) is 6.20 Å². The summed E-state index contributed by atoms with van der Waals surface area (Å²) in [6.07, 6.45) is 6.88. The van der Waals surface area contributed by atoms with Crippen LogP contribution in [0, 0.1) is 5.92 Å². The van der Waals surface area contributed by atoms with E-state index in [2.05, 4.69) is 4.98 Å². The van der Waals surface area contributed by atoms with Crippen molar-refractivity contribution < 1.29 is 4.74 Å². The fraction of sp³-hybridized carbons (Fsp3) is 0.583. The number of rotatable bonds is 4. The van der Waals surface area contributed by atoms with Gasteiger partial charge in [0, 0.05) is 12.7 Å². The molecule has 1 heterocycles. The van der Waals surface area contributed by atoms with Crippen LogP contribution in [0.15, 0.2) is 12.3 Å². The summed E-state index contributed by atoms with van der Waals surface area (Å²) in [4.78, 5) is 4.18. The van der Waals surface area contributed by atoms with Gasteiger partial charge in [-0.05, 0) is 30.4 Å². The number of ether oxygens (including phenoxy) is 1. The third-order valence-corrected chi connectivity index (χ3v) is 3.30. The van der Waals surface area contributed by atoms with Crippen molar-refractivity contribution in [2.75, 3.05) is 6.61 Å². The fourth-order valence-corrected chi connectivity index (χ4v) is 2.30.